The van der Waals surface area contributed by atoms with Gasteiger partial charge >= 0.3 is 0 Å². The van der Waals surface area contributed by atoms with Gasteiger partial charge in [-0.15, -0.1) is 0 Å². The molecule has 0 aliphatic carbocycles. The lowest BCUT2D eigenvalue weighted by atomic mass is 10.0. The van der Waals surface area contributed by atoms with Crippen LogP contribution >= 0.6 is 23.2 Å². The van der Waals surface area contributed by atoms with Crippen LogP contribution in [0.3, 0.4) is 0 Å². The molecule has 0 radical (unpaired) electrons. The Morgan fingerprint density at radius 2 is 1.85 bits per heavy atom. The van der Waals surface area contributed by atoms with E-state index in [1.165, 1.54) is 4.57 Å². The lowest BCUT2D eigenvalue weighted by molar-refractivity contribution is -0.122. The quantitative estimate of drug-likeness (QED) is 0.289. The topological polar surface area (TPSA) is 89.3 Å². The predicted molar refractivity (Wildman–Crippen MR) is 156 cm³/mol. The number of likely N-dealkylation sites (N-methyl/N-ethyl adjacent to an activating group) is 1. The van der Waals surface area contributed by atoms with Gasteiger partial charge in [-0.25, -0.2) is 9.97 Å². The molecular weight excluding hydrogens is 537 g/mol. The average molecular weight is 569 g/mol. The van der Waals surface area contributed by atoms with Crippen molar-refractivity contribution in [3.63, 3.8) is 0 Å². The van der Waals surface area contributed by atoms with Gasteiger partial charge in [-0.3, -0.25) is 19.1 Å². The number of aromatic nitrogens is 3. The third-order valence-electron chi connectivity index (χ3n) is 6.06. The summed E-state index contributed by atoms with van der Waals surface area (Å²) < 4.78 is 6.54. The fourth-order valence-corrected chi connectivity index (χ4v) is 4.76. The van der Waals surface area contributed by atoms with Crippen molar-refractivity contribution >= 4 is 40.1 Å². The molecule has 1 N–H and O–H groups in total. The van der Waals surface area contributed by atoms with Crippen LogP contribution in [0.1, 0.15) is 19.4 Å². The molecule has 0 atom stereocenters. The first-order valence-electron chi connectivity index (χ1n) is 12.6. The van der Waals surface area contributed by atoms with Gasteiger partial charge in [0.1, 0.15) is 12.4 Å². The van der Waals surface area contributed by atoms with E-state index in [-0.39, 0.29) is 29.7 Å². The molecule has 0 unspecified atom stereocenters. The molecule has 4 rings (SSSR count). The van der Waals surface area contributed by atoms with E-state index in [0.717, 1.165) is 23.2 Å². The molecule has 0 saturated heterocycles. The number of benzene rings is 2. The maximum absolute atomic E-state index is 13.8. The lowest BCUT2D eigenvalue weighted by Crippen LogP contribution is -2.37. The fourth-order valence-electron chi connectivity index (χ4n) is 4.32. The summed E-state index contributed by atoms with van der Waals surface area (Å²) in [6.45, 7) is 5.62. The molecule has 4 aromatic rings. The van der Waals surface area contributed by atoms with Gasteiger partial charge in [-0.1, -0.05) is 35.3 Å². The molecule has 0 aliphatic heterocycles. The molecule has 1 amide bonds. The number of halogens is 2. The van der Waals surface area contributed by atoms with Crippen molar-refractivity contribution < 1.29 is 9.53 Å². The fraction of sp³-hybridized carbons (Fsp3) is 0.310. The summed E-state index contributed by atoms with van der Waals surface area (Å²) in [5.41, 5.74) is 3.09. The van der Waals surface area contributed by atoms with Crippen molar-refractivity contribution in [3.8, 4) is 22.5 Å². The number of nitrogens with one attached hydrogen (secondary N) is 1. The lowest BCUT2D eigenvalue weighted by Gasteiger charge is -2.17. The zero-order chi connectivity index (χ0) is 28.1. The Bertz CT molecular complexity index is 1550. The minimum Gasteiger partial charge on any atom is -0.383 e. The molecular formula is C29H31Cl2N5O3. The zero-order valence-electron chi connectivity index (χ0n) is 22.4. The van der Waals surface area contributed by atoms with Crippen LogP contribution in [0.25, 0.3) is 33.5 Å². The highest BCUT2D eigenvalue weighted by atomic mass is 35.5. The van der Waals surface area contributed by atoms with E-state index >= 15 is 0 Å². The molecule has 2 aromatic carbocycles. The second-order valence-corrected chi connectivity index (χ2v) is 10.6. The van der Waals surface area contributed by atoms with Crippen molar-refractivity contribution in [3.05, 3.63) is 80.7 Å². The van der Waals surface area contributed by atoms with Gasteiger partial charge in [-0.2, -0.15) is 0 Å². The number of hydrogen-bond acceptors (Lipinski definition) is 6. The van der Waals surface area contributed by atoms with Crippen molar-refractivity contribution in [2.24, 2.45) is 0 Å². The van der Waals surface area contributed by atoms with Gasteiger partial charge in [0.25, 0.3) is 5.56 Å². The minimum atomic E-state index is -0.371. The second-order valence-electron chi connectivity index (χ2n) is 9.73. The second kappa shape index (κ2) is 12.7. The summed E-state index contributed by atoms with van der Waals surface area (Å²) in [5.74, 6) is 0.0241. The van der Waals surface area contributed by atoms with E-state index in [0.29, 0.717) is 40.0 Å². The van der Waals surface area contributed by atoms with Crippen LogP contribution < -0.4 is 10.9 Å². The molecule has 204 valence electrons. The van der Waals surface area contributed by atoms with Crippen molar-refractivity contribution in [1.82, 2.24) is 24.8 Å². The highest BCUT2D eigenvalue weighted by Gasteiger charge is 2.18. The SMILES string of the molecule is COCCN(C)Cc1cc(Cl)cc(-c2cnc3nc(-c4cccc(Cl)c4)n(CC(=O)NC(C)C)c(=O)c3c2)c1. The number of rotatable bonds is 10. The Morgan fingerprint density at radius 3 is 2.56 bits per heavy atom. The summed E-state index contributed by atoms with van der Waals surface area (Å²) in [5, 5.41) is 4.22. The summed E-state index contributed by atoms with van der Waals surface area (Å²) >= 11 is 12.7. The molecule has 0 fully saturated rings. The molecule has 8 nitrogen and oxygen atoms in total. The highest BCUT2D eigenvalue weighted by molar-refractivity contribution is 6.31. The van der Waals surface area contributed by atoms with Crippen LogP contribution in [0.5, 0.6) is 0 Å². The van der Waals surface area contributed by atoms with Gasteiger partial charge in [0.15, 0.2) is 5.65 Å². The maximum Gasteiger partial charge on any atom is 0.263 e. The van der Waals surface area contributed by atoms with Gasteiger partial charge < -0.3 is 10.1 Å². The van der Waals surface area contributed by atoms with Crippen molar-refractivity contribution in [2.75, 3.05) is 27.3 Å². The van der Waals surface area contributed by atoms with Crippen LogP contribution in [0, 0.1) is 0 Å². The number of nitrogens with zero attached hydrogens (tertiary/aromatic N) is 4. The minimum absolute atomic E-state index is 0.0740. The number of hydrogen-bond donors (Lipinski definition) is 1. The van der Waals surface area contributed by atoms with Crippen molar-refractivity contribution in [2.45, 2.75) is 33.0 Å². The van der Waals surface area contributed by atoms with Crippen LogP contribution in [0.15, 0.2) is 59.5 Å². The van der Waals surface area contributed by atoms with Crippen LogP contribution in [0.2, 0.25) is 10.0 Å². The first kappa shape index (κ1) is 28.7. The third kappa shape index (κ3) is 7.22. The molecule has 0 spiro atoms. The van der Waals surface area contributed by atoms with Crippen molar-refractivity contribution in [1.29, 1.82) is 0 Å². The number of carbonyl (C=O) groups is 1. The molecule has 2 heterocycles. The molecule has 10 heteroatoms. The van der Waals surface area contributed by atoms with E-state index in [4.69, 9.17) is 27.9 Å². The van der Waals surface area contributed by atoms with E-state index in [2.05, 4.69) is 20.2 Å². The predicted octanol–water partition coefficient (Wildman–Crippen LogP) is 5.04. The Labute approximate surface area is 237 Å². The molecule has 2 aromatic heterocycles. The molecule has 0 saturated carbocycles. The maximum atomic E-state index is 13.8. The van der Waals surface area contributed by atoms with Gasteiger partial charge in [0.05, 0.1) is 12.0 Å². The molecule has 0 aliphatic rings. The average Bonchev–Trinajstić information content (AvgIpc) is 2.88. The normalized spacial score (nSPS) is 11.5. The Hall–Kier alpha value is -3.30. The number of amides is 1. The van der Waals surface area contributed by atoms with Gasteiger partial charge in [-0.05, 0) is 68.4 Å². The number of fused-ring (bicyclic) bond motifs is 1. The van der Waals surface area contributed by atoms with Crippen LogP contribution in [-0.2, 0) is 22.6 Å². The summed E-state index contributed by atoms with van der Waals surface area (Å²) in [6, 6.07) is 14.5. The highest BCUT2D eigenvalue weighted by Crippen LogP contribution is 2.28. The van der Waals surface area contributed by atoms with E-state index in [1.807, 2.05) is 39.1 Å². The van der Waals surface area contributed by atoms with Crippen LogP contribution in [0.4, 0.5) is 0 Å². The molecule has 39 heavy (non-hydrogen) atoms. The first-order valence-corrected chi connectivity index (χ1v) is 13.3. The molecule has 0 bridgehead atoms. The standard InChI is InChI=1S/C29H31Cl2N5O3/c1-18(2)33-26(37)17-36-28(20-6-5-7-23(30)12-20)34-27-25(29(36)38)14-22(15-32-27)21-10-19(11-24(31)13-21)16-35(3)8-9-39-4/h5-7,10-15,18H,8-9,16-17H2,1-4H3,(H,33,37). The van der Waals surface area contributed by atoms with E-state index in [1.54, 1.807) is 43.6 Å². The number of methoxy groups -OCH3 is 1. The van der Waals surface area contributed by atoms with E-state index < -0.39 is 0 Å². The van der Waals surface area contributed by atoms with Gasteiger partial charge in [0, 0.05) is 53.6 Å². The Kier molecular flexibility index (Phi) is 9.35. The Balaban J connectivity index is 1.80. The number of carbonyl (C=O) groups excluding carboxylic acids is 1. The largest absolute Gasteiger partial charge is 0.383 e. The first-order chi connectivity index (χ1) is 18.6. The summed E-state index contributed by atoms with van der Waals surface area (Å²) in [4.78, 5) is 37.9. The van der Waals surface area contributed by atoms with Crippen LogP contribution in [-0.4, -0.2) is 58.7 Å². The third-order valence-corrected chi connectivity index (χ3v) is 6.52. The smallest absolute Gasteiger partial charge is 0.263 e. The van der Waals surface area contributed by atoms with Gasteiger partial charge in [0.2, 0.25) is 5.91 Å². The number of pyridine rings is 1. The zero-order valence-corrected chi connectivity index (χ0v) is 23.9. The van der Waals surface area contributed by atoms with E-state index in [9.17, 15) is 9.59 Å². The Morgan fingerprint density at radius 1 is 1.08 bits per heavy atom. The number of ether oxygens (including phenoxy) is 1. The summed E-state index contributed by atoms with van der Waals surface area (Å²) in [7, 11) is 3.69. The summed E-state index contributed by atoms with van der Waals surface area (Å²) in [6.07, 6.45) is 1.68. The monoisotopic (exact) mass is 567 g/mol.